The summed E-state index contributed by atoms with van der Waals surface area (Å²) in [5, 5.41) is 3.09. The predicted molar refractivity (Wildman–Crippen MR) is 79.2 cm³/mol. The molecule has 0 spiro atoms. The van der Waals surface area contributed by atoms with Gasteiger partial charge in [-0.15, -0.1) is 0 Å². The van der Waals surface area contributed by atoms with Gasteiger partial charge in [-0.3, -0.25) is 4.79 Å². The molecule has 0 fully saturated rings. The minimum absolute atomic E-state index is 0.0289. The first-order chi connectivity index (χ1) is 9.50. The van der Waals surface area contributed by atoms with E-state index in [1.54, 1.807) is 6.20 Å². The maximum atomic E-state index is 12.1. The Hall–Kier alpha value is -2.10. The smallest absolute Gasteiger partial charge is 0.223 e. The van der Waals surface area contributed by atoms with E-state index < -0.39 is 0 Å². The van der Waals surface area contributed by atoms with Crippen molar-refractivity contribution in [3.05, 3.63) is 53.6 Å². The van der Waals surface area contributed by atoms with E-state index in [0.717, 1.165) is 17.0 Å². The van der Waals surface area contributed by atoms with Crippen molar-refractivity contribution in [1.82, 2.24) is 14.9 Å². The summed E-state index contributed by atoms with van der Waals surface area (Å²) in [6.07, 6.45) is 3.64. The third-order valence-corrected chi connectivity index (χ3v) is 3.43. The number of aryl methyl sites for hydroxylation is 2. The van der Waals surface area contributed by atoms with Crippen LogP contribution in [0, 0.1) is 12.8 Å². The largest absolute Gasteiger partial charge is 0.342 e. The van der Waals surface area contributed by atoms with E-state index in [9.17, 15) is 4.79 Å². The number of carbonyl (C=O) groups excluding carboxylic acids is 1. The molecule has 4 nitrogen and oxygen atoms in total. The Labute approximate surface area is 119 Å². The van der Waals surface area contributed by atoms with Crippen LogP contribution in [-0.4, -0.2) is 15.5 Å². The molecule has 0 aliphatic carbocycles. The lowest BCUT2D eigenvalue weighted by Gasteiger charge is -2.22. The van der Waals surface area contributed by atoms with Gasteiger partial charge in [0.2, 0.25) is 5.91 Å². The molecule has 1 amide bonds. The summed E-state index contributed by atoms with van der Waals surface area (Å²) in [5.74, 6) is 0.816. The number of hydrogen-bond donors (Lipinski definition) is 1. The minimum atomic E-state index is -0.217. The molecule has 0 saturated heterocycles. The molecule has 0 radical (unpaired) electrons. The molecular weight excluding hydrogens is 250 g/mol. The molecule has 20 heavy (non-hydrogen) atoms. The molecule has 0 aliphatic heterocycles. The molecule has 1 aromatic heterocycles. The summed E-state index contributed by atoms with van der Waals surface area (Å²) in [6.45, 7) is 5.83. The van der Waals surface area contributed by atoms with Gasteiger partial charge in [-0.05, 0) is 18.1 Å². The minimum Gasteiger partial charge on any atom is -0.342 e. The number of benzene rings is 1. The predicted octanol–water partition coefficient (Wildman–Crippen LogP) is 2.59. The second-order valence-corrected chi connectivity index (χ2v) is 5.35. The van der Waals surface area contributed by atoms with Crippen molar-refractivity contribution in [2.45, 2.75) is 26.8 Å². The fourth-order valence-electron chi connectivity index (χ4n) is 2.16. The number of nitrogens with zero attached hydrogens (tertiary/aromatic N) is 2. The first kappa shape index (κ1) is 14.3. The molecule has 1 atom stereocenters. The Morgan fingerprint density at radius 3 is 2.55 bits per heavy atom. The molecule has 2 aromatic rings. The number of amides is 1. The van der Waals surface area contributed by atoms with Crippen molar-refractivity contribution in [3.8, 4) is 0 Å². The zero-order chi connectivity index (χ0) is 14.7. The van der Waals surface area contributed by atoms with E-state index in [-0.39, 0.29) is 17.9 Å². The van der Waals surface area contributed by atoms with E-state index >= 15 is 0 Å². The van der Waals surface area contributed by atoms with Crippen molar-refractivity contribution < 1.29 is 4.79 Å². The van der Waals surface area contributed by atoms with Gasteiger partial charge < -0.3 is 9.88 Å². The highest BCUT2D eigenvalue weighted by Gasteiger charge is 2.22. The van der Waals surface area contributed by atoms with Crippen LogP contribution in [0.1, 0.15) is 36.8 Å². The average molecular weight is 271 g/mol. The topological polar surface area (TPSA) is 46.9 Å². The standard InChI is InChI=1S/C16H21N3O/c1-11(2)16(20)18-14(15-17-9-10-19(15)4)13-8-6-5-7-12(13)3/h5-11,14H,1-4H3,(H,18,20). The molecule has 106 valence electrons. The van der Waals surface area contributed by atoms with Crippen LogP contribution < -0.4 is 5.32 Å². The number of hydrogen-bond acceptors (Lipinski definition) is 2. The van der Waals surface area contributed by atoms with E-state index in [1.807, 2.05) is 62.8 Å². The molecule has 0 saturated carbocycles. The van der Waals surface area contributed by atoms with Gasteiger partial charge in [0, 0.05) is 25.4 Å². The summed E-state index contributed by atoms with van der Waals surface area (Å²) in [7, 11) is 1.94. The van der Waals surface area contributed by atoms with Crippen molar-refractivity contribution in [3.63, 3.8) is 0 Å². The Kier molecular flexibility index (Phi) is 4.23. The van der Waals surface area contributed by atoms with Crippen molar-refractivity contribution >= 4 is 5.91 Å². The third kappa shape index (κ3) is 2.90. The van der Waals surface area contributed by atoms with Gasteiger partial charge in [-0.1, -0.05) is 38.1 Å². The molecular formula is C16H21N3O. The second kappa shape index (κ2) is 5.90. The van der Waals surface area contributed by atoms with Crippen LogP contribution >= 0.6 is 0 Å². The Balaban J connectivity index is 2.43. The highest BCUT2D eigenvalue weighted by atomic mass is 16.1. The fourth-order valence-corrected chi connectivity index (χ4v) is 2.16. The molecule has 1 aromatic carbocycles. The number of imidazole rings is 1. The normalized spacial score (nSPS) is 12.4. The lowest BCUT2D eigenvalue weighted by atomic mass is 10.00. The molecule has 1 unspecified atom stereocenters. The van der Waals surface area contributed by atoms with E-state index in [4.69, 9.17) is 0 Å². The van der Waals surface area contributed by atoms with Gasteiger partial charge >= 0.3 is 0 Å². The van der Waals surface area contributed by atoms with Crippen molar-refractivity contribution in [1.29, 1.82) is 0 Å². The number of carbonyl (C=O) groups is 1. The zero-order valence-corrected chi connectivity index (χ0v) is 12.4. The van der Waals surface area contributed by atoms with E-state index in [2.05, 4.69) is 10.3 Å². The average Bonchev–Trinajstić information content (AvgIpc) is 2.82. The second-order valence-electron chi connectivity index (χ2n) is 5.35. The third-order valence-electron chi connectivity index (χ3n) is 3.43. The van der Waals surface area contributed by atoms with Gasteiger partial charge in [-0.25, -0.2) is 4.98 Å². The highest BCUT2D eigenvalue weighted by Crippen LogP contribution is 2.23. The first-order valence-electron chi connectivity index (χ1n) is 6.84. The van der Waals surface area contributed by atoms with E-state index in [1.165, 1.54) is 0 Å². The monoisotopic (exact) mass is 271 g/mol. The van der Waals surface area contributed by atoms with Crippen LogP contribution in [-0.2, 0) is 11.8 Å². The van der Waals surface area contributed by atoms with Gasteiger partial charge in [0.05, 0.1) is 0 Å². The summed E-state index contributed by atoms with van der Waals surface area (Å²) < 4.78 is 1.94. The lowest BCUT2D eigenvalue weighted by molar-refractivity contribution is -0.124. The quantitative estimate of drug-likeness (QED) is 0.929. The van der Waals surface area contributed by atoms with Crippen LogP contribution in [0.5, 0.6) is 0 Å². The van der Waals surface area contributed by atoms with Gasteiger partial charge in [0.1, 0.15) is 11.9 Å². The lowest BCUT2D eigenvalue weighted by Crippen LogP contribution is -2.34. The van der Waals surface area contributed by atoms with E-state index in [0.29, 0.717) is 0 Å². The summed E-state index contributed by atoms with van der Waals surface area (Å²) >= 11 is 0. The number of aromatic nitrogens is 2. The van der Waals surface area contributed by atoms with Crippen LogP contribution in [0.25, 0.3) is 0 Å². The molecule has 0 aliphatic rings. The SMILES string of the molecule is Cc1ccccc1C(NC(=O)C(C)C)c1nccn1C. The van der Waals surface area contributed by atoms with Crippen LogP contribution in [0.15, 0.2) is 36.7 Å². The highest BCUT2D eigenvalue weighted by molar-refractivity contribution is 5.78. The van der Waals surface area contributed by atoms with Crippen LogP contribution in [0.4, 0.5) is 0 Å². The Bertz CT molecular complexity index is 601. The van der Waals surface area contributed by atoms with Gasteiger partial charge in [0.25, 0.3) is 0 Å². The fraction of sp³-hybridized carbons (Fsp3) is 0.375. The molecule has 1 N–H and O–H groups in total. The first-order valence-corrected chi connectivity index (χ1v) is 6.84. The summed E-state index contributed by atoms with van der Waals surface area (Å²) in [5.41, 5.74) is 2.22. The maximum absolute atomic E-state index is 12.1. The molecule has 4 heteroatoms. The molecule has 1 heterocycles. The Morgan fingerprint density at radius 1 is 1.30 bits per heavy atom. The Morgan fingerprint density at radius 2 is 2.00 bits per heavy atom. The summed E-state index contributed by atoms with van der Waals surface area (Å²) in [4.78, 5) is 16.5. The maximum Gasteiger partial charge on any atom is 0.223 e. The zero-order valence-electron chi connectivity index (χ0n) is 12.4. The van der Waals surface area contributed by atoms with Gasteiger partial charge in [0.15, 0.2) is 0 Å². The van der Waals surface area contributed by atoms with Crippen molar-refractivity contribution in [2.24, 2.45) is 13.0 Å². The van der Waals surface area contributed by atoms with Crippen LogP contribution in [0.2, 0.25) is 0 Å². The van der Waals surface area contributed by atoms with Crippen molar-refractivity contribution in [2.75, 3.05) is 0 Å². The molecule has 2 rings (SSSR count). The number of rotatable bonds is 4. The molecule has 0 bridgehead atoms. The number of nitrogens with one attached hydrogen (secondary N) is 1. The summed E-state index contributed by atoms with van der Waals surface area (Å²) in [6, 6.07) is 7.85. The van der Waals surface area contributed by atoms with Gasteiger partial charge in [-0.2, -0.15) is 0 Å². The van der Waals surface area contributed by atoms with Crippen LogP contribution in [0.3, 0.4) is 0 Å².